The van der Waals surface area contributed by atoms with Gasteiger partial charge in [-0.25, -0.2) is 4.98 Å². The molecule has 3 heterocycles. The van der Waals surface area contributed by atoms with Crippen molar-refractivity contribution in [1.29, 1.82) is 0 Å². The van der Waals surface area contributed by atoms with Crippen molar-refractivity contribution in [3.05, 3.63) is 76.8 Å². The maximum atomic E-state index is 12.9. The van der Waals surface area contributed by atoms with Crippen LogP contribution >= 0.6 is 11.3 Å². The van der Waals surface area contributed by atoms with Crippen LogP contribution in [-0.4, -0.2) is 28.5 Å². The van der Waals surface area contributed by atoms with Crippen molar-refractivity contribution in [3.63, 3.8) is 0 Å². The number of aromatic nitrogens is 2. The molecule has 5 rings (SSSR count). The van der Waals surface area contributed by atoms with E-state index in [0.29, 0.717) is 40.5 Å². The fourth-order valence-corrected chi connectivity index (χ4v) is 4.27. The van der Waals surface area contributed by atoms with Gasteiger partial charge in [0.05, 0.1) is 18.3 Å². The van der Waals surface area contributed by atoms with Crippen molar-refractivity contribution >= 4 is 27.3 Å². The van der Waals surface area contributed by atoms with E-state index < -0.39 is 0 Å². The second-order valence-electron chi connectivity index (χ2n) is 6.65. The summed E-state index contributed by atoms with van der Waals surface area (Å²) in [5.41, 5.74) is 1.28. The van der Waals surface area contributed by atoms with Gasteiger partial charge in [-0.1, -0.05) is 30.3 Å². The predicted octanol–water partition coefficient (Wildman–Crippen LogP) is 3.78. The zero-order valence-electron chi connectivity index (χ0n) is 15.3. The quantitative estimate of drug-likeness (QED) is 0.484. The van der Waals surface area contributed by atoms with Crippen LogP contribution in [0.3, 0.4) is 0 Å². The van der Waals surface area contributed by atoms with Gasteiger partial charge in [0, 0.05) is 10.4 Å². The second kappa shape index (κ2) is 7.18. The number of ketones is 1. The Hall–Kier alpha value is -3.45. The summed E-state index contributed by atoms with van der Waals surface area (Å²) < 4.78 is 12.4. The molecule has 1 aliphatic heterocycles. The van der Waals surface area contributed by atoms with Crippen LogP contribution in [-0.2, 0) is 6.54 Å². The number of thiophene rings is 1. The molecule has 2 aromatic heterocycles. The number of hydrogen-bond acceptors (Lipinski definition) is 6. The van der Waals surface area contributed by atoms with Crippen molar-refractivity contribution in [1.82, 2.24) is 9.55 Å². The molecule has 0 unspecified atom stereocenters. The Balaban J connectivity index is 1.45. The zero-order chi connectivity index (χ0) is 19.8. The Labute approximate surface area is 170 Å². The van der Waals surface area contributed by atoms with Gasteiger partial charge in [0.25, 0.3) is 5.56 Å². The number of benzene rings is 2. The molecular weight excluding hydrogens is 388 g/mol. The van der Waals surface area contributed by atoms with Gasteiger partial charge in [0.2, 0.25) is 0 Å². The van der Waals surface area contributed by atoms with Crippen LogP contribution in [0.25, 0.3) is 20.7 Å². The highest BCUT2D eigenvalue weighted by molar-refractivity contribution is 7.21. The van der Waals surface area contributed by atoms with Crippen LogP contribution < -0.4 is 15.0 Å². The van der Waals surface area contributed by atoms with E-state index in [1.54, 1.807) is 18.2 Å². The number of nitrogens with zero attached hydrogens (tertiary/aromatic N) is 2. The lowest BCUT2D eigenvalue weighted by Gasteiger charge is -2.18. The molecule has 29 heavy (non-hydrogen) atoms. The number of rotatable bonds is 4. The van der Waals surface area contributed by atoms with Crippen molar-refractivity contribution in [2.75, 3.05) is 13.2 Å². The Bertz CT molecular complexity index is 1280. The first-order chi connectivity index (χ1) is 14.2. The van der Waals surface area contributed by atoms with E-state index in [9.17, 15) is 9.59 Å². The van der Waals surface area contributed by atoms with E-state index in [1.807, 2.05) is 36.4 Å². The lowest BCUT2D eigenvalue weighted by Crippen LogP contribution is -2.24. The summed E-state index contributed by atoms with van der Waals surface area (Å²) >= 11 is 1.46. The molecule has 144 valence electrons. The van der Waals surface area contributed by atoms with Crippen LogP contribution in [0.4, 0.5) is 0 Å². The van der Waals surface area contributed by atoms with E-state index in [-0.39, 0.29) is 17.9 Å². The van der Waals surface area contributed by atoms with Crippen LogP contribution in [0.2, 0.25) is 0 Å². The van der Waals surface area contributed by atoms with Gasteiger partial charge in [-0.3, -0.25) is 14.2 Å². The molecule has 0 fully saturated rings. The predicted molar refractivity (Wildman–Crippen MR) is 111 cm³/mol. The first kappa shape index (κ1) is 17.6. The molecule has 0 N–H and O–H groups in total. The molecule has 0 bridgehead atoms. The summed E-state index contributed by atoms with van der Waals surface area (Å²) in [7, 11) is 0. The van der Waals surface area contributed by atoms with E-state index in [2.05, 4.69) is 4.98 Å². The van der Waals surface area contributed by atoms with Crippen molar-refractivity contribution in [2.24, 2.45) is 0 Å². The van der Waals surface area contributed by atoms with Gasteiger partial charge in [0.15, 0.2) is 17.3 Å². The van der Waals surface area contributed by atoms with Crippen LogP contribution in [0.15, 0.2) is 65.7 Å². The molecule has 7 heteroatoms. The number of carbonyl (C=O) groups is 1. The van der Waals surface area contributed by atoms with E-state index >= 15 is 0 Å². The maximum Gasteiger partial charge on any atom is 0.262 e. The van der Waals surface area contributed by atoms with E-state index in [0.717, 1.165) is 10.4 Å². The SMILES string of the molecule is O=C(Cn1cnc2sc(-c3ccccc3)cc2c1=O)c1ccc2c(c1)OCCO2. The third kappa shape index (κ3) is 3.30. The summed E-state index contributed by atoms with van der Waals surface area (Å²) in [4.78, 5) is 31.7. The number of Topliss-reactive ketones (excluding diaryl/α,β-unsaturated/α-hetero) is 1. The Morgan fingerprint density at radius 3 is 2.66 bits per heavy atom. The first-order valence-corrected chi connectivity index (χ1v) is 9.98. The van der Waals surface area contributed by atoms with Crippen LogP contribution in [0.5, 0.6) is 11.5 Å². The normalized spacial score (nSPS) is 12.8. The van der Waals surface area contributed by atoms with Crippen molar-refractivity contribution in [2.45, 2.75) is 6.54 Å². The highest BCUT2D eigenvalue weighted by atomic mass is 32.1. The molecule has 6 nitrogen and oxygen atoms in total. The molecule has 1 aliphatic rings. The van der Waals surface area contributed by atoms with Crippen molar-refractivity contribution < 1.29 is 14.3 Å². The summed E-state index contributed by atoms with van der Waals surface area (Å²) in [6.07, 6.45) is 1.44. The highest BCUT2D eigenvalue weighted by Gasteiger charge is 2.17. The molecule has 0 saturated heterocycles. The van der Waals surface area contributed by atoms with Gasteiger partial charge in [0.1, 0.15) is 18.0 Å². The van der Waals surface area contributed by atoms with Crippen LogP contribution in [0.1, 0.15) is 10.4 Å². The number of ether oxygens (including phenoxy) is 2. The lowest BCUT2D eigenvalue weighted by molar-refractivity contribution is 0.0969. The third-order valence-corrected chi connectivity index (χ3v) is 5.85. The molecule has 4 aromatic rings. The molecule has 0 atom stereocenters. The molecular formula is C22H16N2O4S. The highest BCUT2D eigenvalue weighted by Crippen LogP contribution is 2.32. The standard InChI is InChI=1S/C22H16N2O4S/c25-17(15-6-7-18-19(10-15)28-9-8-27-18)12-24-13-23-21-16(22(24)26)11-20(29-21)14-4-2-1-3-5-14/h1-7,10-11,13H,8-9,12H2. The Kier molecular flexibility index (Phi) is 4.37. The van der Waals surface area contributed by atoms with Gasteiger partial charge in [-0.15, -0.1) is 11.3 Å². The molecule has 2 aromatic carbocycles. The molecule has 0 amide bonds. The molecule has 0 saturated carbocycles. The summed E-state index contributed by atoms with van der Waals surface area (Å²) in [5, 5.41) is 0.520. The number of fused-ring (bicyclic) bond motifs is 2. The molecule has 0 radical (unpaired) electrons. The Morgan fingerprint density at radius 1 is 1.03 bits per heavy atom. The Morgan fingerprint density at radius 2 is 1.83 bits per heavy atom. The summed E-state index contributed by atoms with van der Waals surface area (Å²) in [6.45, 7) is 0.859. The van der Waals surface area contributed by atoms with Gasteiger partial charge in [-0.05, 0) is 29.8 Å². The zero-order valence-corrected chi connectivity index (χ0v) is 16.1. The van der Waals surface area contributed by atoms with Gasteiger partial charge < -0.3 is 9.47 Å². The average Bonchev–Trinajstić information content (AvgIpc) is 3.21. The van der Waals surface area contributed by atoms with Gasteiger partial charge >= 0.3 is 0 Å². The van der Waals surface area contributed by atoms with Crippen LogP contribution in [0, 0.1) is 0 Å². The van der Waals surface area contributed by atoms with Gasteiger partial charge in [-0.2, -0.15) is 0 Å². The minimum atomic E-state index is -0.223. The average molecular weight is 404 g/mol. The largest absolute Gasteiger partial charge is 0.486 e. The second-order valence-corrected chi connectivity index (χ2v) is 7.69. The maximum absolute atomic E-state index is 12.9. The lowest BCUT2D eigenvalue weighted by atomic mass is 10.1. The van der Waals surface area contributed by atoms with E-state index in [1.165, 1.54) is 22.2 Å². The first-order valence-electron chi connectivity index (χ1n) is 9.16. The fraction of sp³-hybridized carbons (Fsp3) is 0.136. The number of hydrogen-bond donors (Lipinski definition) is 0. The minimum absolute atomic E-state index is 0.0854. The summed E-state index contributed by atoms with van der Waals surface area (Å²) in [6, 6.07) is 16.8. The smallest absolute Gasteiger partial charge is 0.262 e. The third-order valence-electron chi connectivity index (χ3n) is 4.75. The van der Waals surface area contributed by atoms with Crippen molar-refractivity contribution in [3.8, 4) is 21.9 Å². The molecule has 0 aliphatic carbocycles. The summed E-state index contributed by atoms with van der Waals surface area (Å²) in [5.74, 6) is 0.983. The monoisotopic (exact) mass is 404 g/mol. The number of carbonyl (C=O) groups excluding carboxylic acids is 1. The minimum Gasteiger partial charge on any atom is -0.486 e. The fourth-order valence-electron chi connectivity index (χ4n) is 3.28. The topological polar surface area (TPSA) is 70.4 Å². The van der Waals surface area contributed by atoms with E-state index in [4.69, 9.17) is 9.47 Å². The molecule has 0 spiro atoms.